The molecule has 0 fully saturated rings. The molecule has 1 heterocycles. The average Bonchev–Trinajstić information content (AvgIpc) is 1.95. The van der Waals surface area contributed by atoms with Crippen LogP contribution in [0.4, 0.5) is 0 Å². The second kappa shape index (κ2) is 4.13. The van der Waals surface area contributed by atoms with Crippen molar-refractivity contribution in [1.29, 1.82) is 0 Å². The van der Waals surface area contributed by atoms with E-state index >= 15 is 0 Å². The molecule has 0 aliphatic heterocycles. The van der Waals surface area contributed by atoms with Crippen LogP contribution < -0.4 is 0 Å². The molecule has 1 aromatic heterocycles. The number of halogens is 2. The molecule has 54 valence electrons. The summed E-state index contributed by atoms with van der Waals surface area (Å²) in [6, 6.07) is 4.04. The van der Waals surface area contributed by atoms with Gasteiger partial charge in [0.1, 0.15) is 3.70 Å². The standard InChI is InChI=1S/C7H7ClIN/c8-4-3-6-1-2-7(9)10-5-6/h1-2,5H,3-4H2. The second-order valence-electron chi connectivity index (χ2n) is 1.93. The van der Waals surface area contributed by atoms with E-state index in [0.29, 0.717) is 5.88 Å². The lowest BCUT2D eigenvalue weighted by Crippen LogP contribution is -1.87. The zero-order chi connectivity index (χ0) is 7.40. The highest BCUT2D eigenvalue weighted by molar-refractivity contribution is 14.1. The van der Waals surface area contributed by atoms with Crippen molar-refractivity contribution in [3.8, 4) is 0 Å². The molecule has 0 bridgehead atoms. The first-order valence-corrected chi connectivity index (χ1v) is 4.60. The van der Waals surface area contributed by atoms with E-state index in [1.165, 1.54) is 5.56 Å². The topological polar surface area (TPSA) is 12.9 Å². The summed E-state index contributed by atoms with van der Waals surface area (Å²) in [6.07, 6.45) is 2.77. The lowest BCUT2D eigenvalue weighted by atomic mass is 10.2. The molecule has 0 amide bonds. The number of rotatable bonds is 2. The van der Waals surface area contributed by atoms with Gasteiger partial charge >= 0.3 is 0 Å². The zero-order valence-electron chi connectivity index (χ0n) is 5.35. The Morgan fingerprint density at radius 1 is 1.50 bits per heavy atom. The van der Waals surface area contributed by atoms with E-state index in [-0.39, 0.29) is 0 Å². The lowest BCUT2D eigenvalue weighted by Gasteiger charge is -1.94. The SMILES string of the molecule is ClCCc1ccc(I)nc1. The van der Waals surface area contributed by atoms with Gasteiger partial charge in [-0.1, -0.05) is 6.07 Å². The fourth-order valence-electron chi connectivity index (χ4n) is 0.663. The number of nitrogens with zero attached hydrogens (tertiary/aromatic N) is 1. The number of aromatic nitrogens is 1. The zero-order valence-corrected chi connectivity index (χ0v) is 8.26. The monoisotopic (exact) mass is 267 g/mol. The van der Waals surface area contributed by atoms with Gasteiger partial charge in [0.2, 0.25) is 0 Å². The molecule has 0 N–H and O–H groups in total. The Morgan fingerprint density at radius 3 is 2.80 bits per heavy atom. The molecule has 0 aliphatic rings. The molecule has 3 heteroatoms. The van der Waals surface area contributed by atoms with Gasteiger partial charge in [-0.25, -0.2) is 0 Å². The van der Waals surface area contributed by atoms with E-state index in [1.54, 1.807) is 0 Å². The number of pyridine rings is 1. The van der Waals surface area contributed by atoms with Gasteiger partial charge in [0.05, 0.1) is 0 Å². The van der Waals surface area contributed by atoms with E-state index in [0.717, 1.165) is 10.1 Å². The van der Waals surface area contributed by atoms with Crippen molar-refractivity contribution in [3.63, 3.8) is 0 Å². The Balaban J connectivity index is 2.69. The van der Waals surface area contributed by atoms with E-state index in [4.69, 9.17) is 11.6 Å². The van der Waals surface area contributed by atoms with E-state index in [9.17, 15) is 0 Å². The predicted molar refractivity (Wildman–Crippen MR) is 51.4 cm³/mol. The van der Waals surface area contributed by atoms with Crippen LogP contribution in [0.5, 0.6) is 0 Å². The lowest BCUT2D eigenvalue weighted by molar-refractivity contribution is 1.10. The first-order valence-electron chi connectivity index (χ1n) is 2.99. The summed E-state index contributed by atoms with van der Waals surface area (Å²) in [7, 11) is 0. The van der Waals surface area contributed by atoms with Crippen LogP contribution in [0.1, 0.15) is 5.56 Å². The van der Waals surface area contributed by atoms with Crippen molar-refractivity contribution in [2.75, 3.05) is 5.88 Å². The molecule has 0 saturated carbocycles. The Morgan fingerprint density at radius 2 is 2.30 bits per heavy atom. The van der Waals surface area contributed by atoms with Crippen molar-refractivity contribution in [1.82, 2.24) is 4.98 Å². The van der Waals surface area contributed by atoms with Crippen molar-refractivity contribution in [2.45, 2.75) is 6.42 Å². The van der Waals surface area contributed by atoms with Crippen LogP contribution in [0, 0.1) is 3.70 Å². The van der Waals surface area contributed by atoms with Crippen LogP contribution in [-0.2, 0) is 6.42 Å². The molecular weight excluding hydrogens is 260 g/mol. The van der Waals surface area contributed by atoms with Crippen LogP contribution in [-0.4, -0.2) is 10.9 Å². The Labute approximate surface area is 78.9 Å². The third-order valence-corrected chi connectivity index (χ3v) is 2.00. The van der Waals surface area contributed by atoms with Crippen LogP contribution in [0.25, 0.3) is 0 Å². The molecule has 1 rings (SSSR count). The highest BCUT2D eigenvalue weighted by Crippen LogP contribution is 2.03. The van der Waals surface area contributed by atoms with Crippen LogP contribution in [0.2, 0.25) is 0 Å². The molecule has 0 radical (unpaired) electrons. The quantitative estimate of drug-likeness (QED) is 0.456. The third kappa shape index (κ3) is 2.42. The number of aryl methyl sites for hydroxylation is 1. The molecule has 1 nitrogen and oxygen atoms in total. The van der Waals surface area contributed by atoms with Gasteiger partial charge in [-0.2, -0.15) is 0 Å². The minimum absolute atomic E-state index is 0.669. The summed E-state index contributed by atoms with van der Waals surface area (Å²) in [5, 5.41) is 0. The van der Waals surface area contributed by atoms with Crippen molar-refractivity contribution >= 4 is 34.2 Å². The van der Waals surface area contributed by atoms with Gasteiger partial charge in [-0.05, 0) is 40.6 Å². The summed E-state index contributed by atoms with van der Waals surface area (Å²) in [5.74, 6) is 0.669. The van der Waals surface area contributed by atoms with Gasteiger partial charge < -0.3 is 0 Å². The molecule has 0 unspecified atom stereocenters. The van der Waals surface area contributed by atoms with Gasteiger partial charge in [0.15, 0.2) is 0 Å². The summed E-state index contributed by atoms with van der Waals surface area (Å²) < 4.78 is 1.02. The third-order valence-electron chi connectivity index (χ3n) is 1.17. The predicted octanol–water partition coefficient (Wildman–Crippen LogP) is 2.47. The second-order valence-corrected chi connectivity index (χ2v) is 3.41. The minimum Gasteiger partial charge on any atom is -0.250 e. The molecular formula is C7H7ClIN. The normalized spacial score (nSPS) is 9.80. The smallest absolute Gasteiger partial charge is 0.101 e. The summed E-state index contributed by atoms with van der Waals surface area (Å²) in [6.45, 7) is 0. The van der Waals surface area contributed by atoms with Gasteiger partial charge in [0, 0.05) is 12.1 Å². The van der Waals surface area contributed by atoms with Gasteiger partial charge in [-0.15, -0.1) is 11.6 Å². The summed E-state index contributed by atoms with van der Waals surface area (Å²) in [5.41, 5.74) is 1.20. The van der Waals surface area contributed by atoms with Crippen molar-refractivity contribution < 1.29 is 0 Å². The molecule has 0 aliphatic carbocycles. The fourth-order valence-corrected chi connectivity index (χ4v) is 1.20. The largest absolute Gasteiger partial charge is 0.250 e. The average molecular weight is 267 g/mol. The minimum atomic E-state index is 0.669. The van der Waals surface area contributed by atoms with Crippen LogP contribution in [0.3, 0.4) is 0 Å². The van der Waals surface area contributed by atoms with E-state index < -0.39 is 0 Å². The van der Waals surface area contributed by atoms with Crippen LogP contribution >= 0.6 is 34.2 Å². The van der Waals surface area contributed by atoms with Crippen molar-refractivity contribution in [3.05, 3.63) is 27.6 Å². The highest BCUT2D eigenvalue weighted by Gasteiger charge is 1.90. The molecule has 0 atom stereocenters. The summed E-state index contributed by atoms with van der Waals surface area (Å²) in [4.78, 5) is 4.13. The summed E-state index contributed by atoms with van der Waals surface area (Å²) >= 11 is 7.73. The first kappa shape index (κ1) is 8.27. The molecule has 0 aromatic carbocycles. The first-order chi connectivity index (χ1) is 4.83. The molecule has 10 heavy (non-hydrogen) atoms. The number of hydrogen-bond donors (Lipinski definition) is 0. The van der Waals surface area contributed by atoms with Crippen LogP contribution in [0.15, 0.2) is 18.3 Å². The molecule has 0 saturated heterocycles. The maximum atomic E-state index is 5.55. The van der Waals surface area contributed by atoms with Gasteiger partial charge in [-0.3, -0.25) is 4.98 Å². The molecule has 1 aromatic rings. The fraction of sp³-hybridized carbons (Fsp3) is 0.286. The Kier molecular flexibility index (Phi) is 3.42. The Hall–Kier alpha value is 0.170. The highest BCUT2D eigenvalue weighted by atomic mass is 127. The van der Waals surface area contributed by atoms with E-state index in [2.05, 4.69) is 33.6 Å². The number of alkyl halides is 1. The number of hydrogen-bond acceptors (Lipinski definition) is 1. The maximum absolute atomic E-state index is 5.55. The van der Waals surface area contributed by atoms with Crippen molar-refractivity contribution in [2.24, 2.45) is 0 Å². The maximum Gasteiger partial charge on any atom is 0.101 e. The molecule has 0 spiro atoms. The van der Waals surface area contributed by atoms with Gasteiger partial charge in [0.25, 0.3) is 0 Å². The van der Waals surface area contributed by atoms with E-state index in [1.807, 2.05) is 12.3 Å². The Bertz CT molecular complexity index is 197.